The fraction of sp³-hybridized carbons (Fsp3) is 0.500. The summed E-state index contributed by atoms with van der Waals surface area (Å²) in [5.41, 5.74) is 2.30. The van der Waals surface area contributed by atoms with Crippen LogP contribution in [0.1, 0.15) is 54.4 Å². The zero-order valence-electron chi connectivity index (χ0n) is 16.9. The van der Waals surface area contributed by atoms with Crippen LogP contribution >= 0.6 is 0 Å². The molecule has 3 nitrogen and oxygen atoms in total. The number of rotatable bonds is 5. The van der Waals surface area contributed by atoms with Gasteiger partial charge in [-0.05, 0) is 85.5 Å². The van der Waals surface area contributed by atoms with Crippen LogP contribution in [0.5, 0.6) is 5.75 Å². The summed E-state index contributed by atoms with van der Waals surface area (Å²) >= 11 is 0. The van der Waals surface area contributed by atoms with Gasteiger partial charge in [0.15, 0.2) is 0 Å². The zero-order chi connectivity index (χ0) is 19.4. The molecule has 29 heavy (non-hydrogen) atoms. The average Bonchev–Trinajstić information content (AvgIpc) is 3.04. The highest BCUT2D eigenvalue weighted by Crippen LogP contribution is 2.62. The molecule has 150 valence electrons. The smallest absolute Gasteiger partial charge is 0.254 e. The van der Waals surface area contributed by atoms with E-state index in [1.807, 2.05) is 42.5 Å². The van der Waals surface area contributed by atoms with E-state index in [4.69, 9.17) is 4.74 Å². The lowest BCUT2D eigenvalue weighted by molar-refractivity contribution is -0.103. The predicted octanol–water partition coefficient (Wildman–Crippen LogP) is 5.31. The highest BCUT2D eigenvalue weighted by molar-refractivity contribution is 5.98. The van der Waals surface area contributed by atoms with Crippen LogP contribution in [0.3, 0.4) is 0 Å². The Morgan fingerprint density at radius 3 is 2.17 bits per heavy atom. The number of para-hydroxylation sites is 1. The van der Waals surface area contributed by atoms with Gasteiger partial charge in [-0.2, -0.15) is 0 Å². The van der Waals surface area contributed by atoms with Crippen molar-refractivity contribution in [3.05, 3.63) is 65.7 Å². The second kappa shape index (κ2) is 6.62. The van der Waals surface area contributed by atoms with Crippen LogP contribution in [-0.2, 0) is 6.54 Å². The molecule has 1 heterocycles. The lowest BCUT2D eigenvalue weighted by Crippen LogP contribution is -2.59. The van der Waals surface area contributed by atoms with Crippen LogP contribution in [0.2, 0.25) is 0 Å². The van der Waals surface area contributed by atoms with Crippen LogP contribution in [0, 0.1) is 23.2 Å². The van der Waals surface area contributed by atoms with E-state index in [-0.39, 0.29) is 17.4 Å². The molecule has 0 saturated heterocycles. The van der Waals surface area contributed by atoms with E-state index in [0.29, 0.717) is 6.61 Å². The molecule has 4 fully saturated rings. The third kappa shape index (κ3) is 2.89. The molecule has 2 aromatic carbocycles. The largest absolute Gasteiger partial charge is 0.491 e. The van der Waals surface area contributed by atoms with E-state index in [1.54, 1.807) is 0 Å². The van der Waals surface area contributed by atoms with Crippen LogP contribution in [-0.4, -0.2) is 23.5 Å². The van der Waals surface area contributed by atoms with Crippen LogP contribution in [0.4, 0.5) is 0 Å². The number of nitrogens with zero attached hydrogens (tertiary/aromatic N) is 1. The molecule has 2 aromatic rings. The van der Waals surface area contributed by atoms with Crippen molar-refractivity contribution in [3.63, 3.8) is 0 Å². The number of hydrogen-bond acceptors (Lipinski definition) is 2. The van der Waals surface area contributed by atoms with E-state index >= 15 is 0 Å². The minimum atomic E-state index is 0.163. The maximum Gasteiger partial charge on any atom is 0.254 e. The highest BCUT2D eigenvalue weighted by atomic mass is 16.5. The second-order valence-electron chi connectivity index (χ2n) is 10.0. The minimum Gasteiger partial charge on any atom is -0.491 e. The molecule has 0 spiro atoms. The molecule has 0 unspecified atom stereocenters. The fourth-order valence-electron chi connectivity index (χ4n) is 7.40. The Morgan fingerprint density at radius 2 is 1.52 bits per heavy atom. The van der Waals surface area contributed by atoms with Gasteiger partial charge in [0, 0.05) is 12.1 Å². The predicted molar refractivity (Wildman–Crippen MR) is 113 cm³/mol. The first-order chi connectivity index (χ1) is 14.2. The molecule has 0 aromatic heterocycles. The normalized spacial score (nSPS) is 33.0. The summed E-state index contributed by atoms with van der Waals surface area (Å²) in [5.74, 6) is 3.70. The van der Waals surface area contributed by atoms with E-state index < -0.39 is 0 Å². The van der Waals surface area contributed by atoms with Crippen molar-refractivity contribution in [2.75, 3.05) is 6.61 Å². The maximum absolute atomic E-state index is 13.4. The summed E-state index contributed by atoms with van der Waals surface area (Å²) < 4.78 is 6.32. The topological polar surface area (TPSA) is 29.5 Å². The van der Waals surface area contributed by atoms with Gasteiger partial charge in [0.05, 0.1) is 6.04 Å². The number of benzene rings is 2. The van der Waals surface area contributed by atoms with Crippen molar-refractivity contribution in [3.8, 4) is 5.75 Å². The Bertz CT molecular complexity index is 886. The van der Waals surface area contributed by atoms with E-state index in [1.165, 1.54) is 44.1 Å². The molecule has 1 atom stereocenters. The molecule has 0 N–H and O–H groups in total. The summed E-state index contributed by atoms with van der Waals surface area (Å²) in [5, 5.41) is 0. The van der Waals surface area contributed by atoms with Crippen LogP contribution in [0.15, 0.2) is 54.6 Å². The van der Waals surface area contributed by atoms with Gasteiger partial charge < -0.3 is 9.64 Å². The van der Waals surface area contributed by atoms with Crippen LogP contribution in [0.25, 0.3) is 0 Å². The SMILES string of the molecule is O=C1c2ccccc2CN1[C@@H](COc1ccccc1)C12CC3CC(CC(C3)C1)C2. The third-order valence-electron chi connectivity index (χ3n) is 8.17. The quantitative estimate of drug-likeness (QED) is 0.696. The lowest BCUT2D eigenvalue weighted by atomic mass is 9.47. The first-order valence-electron chi connectivity index (χ1n) is 11.3. The first-order valence-corrected chi connectivity index (χ1v) is 11.3. The second-order valence-corrected chi connectivity index (χ2v) is 10.0. The molecule has 3 heteroatoms. The zero-order valence-corrected chi connectivity index (χ0v) is 16.9. The molecule has 4 saturated carbocycles. The third-order valence-corrected chi connectivity index (χ3v) is 8.17. The number of fused-ring (bicyclic) bond motifs is 1. The van der Waals surface area contributed by atoms with E-state index in [0.717, 1.165) is 35.6 Å². The Balaban J connectivity index is 1.34. The van der Waals surface area contributed by atoms with E-state index in [9.17, 15) is 4.79 Å². The van der Waals surface area contributed by atoms with Gasteiger partial charge in [0.25, 0.3) is 5.91 Å². The molecular weight excluding hydrogens is 358 g/mol. The van der Waals surface area contributed by atoms with Crippen molar-refractivity contribution < 1.29 is 9.53 Å². The molecule has 1 amide bonds. The van der Waals surface area contributed by atoms with Crippen LogP contribution < -0.4 is 4.74 Å². The number of hydrogen-bond donors (Lipinski definition) is 0. The minimum absolute atomic E-state index is 0.163. The standard InChI is InChI=1S/C26H29NO2/c28-25-23-9-5-4-6-21(23)16-27(25)24(17-29-22-7-2-1-3-8-22)26-13-18-10-19(14-26)12-20(11-18)15-26/h1-9,18-20,24H,10-17H2/t18?,19?,20?,24-,26?/m0/s1. The first kappa shape index (κ1) is 17.6. The van der Waals surface area contributed by atoms with Gasteiger partial charge in [-0.15, -0.1) is 0 Å². The van der Waals surface area contributed by atoms with Gasteiger partial charge in [-0.1, -0.05) is 36.4 Å². The van der Waals surface area contributed by atoms with Gasteiger partial charge >= 0.3 is 0 Å². The highest BCUT2D eigenvalue weighted by Gasteiger charge is 2.56. The molecule has 4 bridgehead atoms. The van der Waals surface area contributed by atoms with Crippen molar-refractivity contribution >= 4 is 5.91 Å². The summed E-state index contributed by atoms with van der Waals surface area (Å²) in [6.45, 7) is 1.34. The average molecular weight is 388 g/mol. The molecule has 4 aliphatic carbocycles. The Labute approximate surface area is 173 Å². The van der Waals surface area contributed by atoms with E-state index in [2.05, 4.69) is 17.0 Å². The molecule has 7 rings (SSSR count). The van der Waals surface area contributed by atoms with Crippen molar-refractivity contribution in [2.24, 2.45) is 23.2 Å². The van der Waals surface area contributed by atoms with Gasteiger partial charge in [-0.25, -0.2) is 0 Å². The van der Waals surface area contributed by atoms with Gasteiger partial charge in [0.1, 0.15) is 12.4 Å². The molecule has 0 radical (unpaired) electrons. The van der Waals surface area contributed by atoms with Crippen molar-refractivity contribution in [1.29, 1.82) is 0 Å². The van der Waals surface area contributed by atoms with Crippen molar-refractivity contribution in [2.45, 2.75) is 51.1 Å². The van der Waals surface area contributed by atoms with Gasteiger partial charge in [0.2, 0.25) is 0 Å². The summed E-state index contributed by atoms with van der Waals surface area (Å²) in [6, 6.07) is 18.4. The Kier molecular flexibility index (Phi) is 4.01. The number of amides is 1. The molecular formula is C26H29NO2. The Hall–Kier alpha value is -2.29. The monoisotopic (exact) mass is 387 g/mol. The van der Waals surface area contributed by atoms with Crippen molar-refractivity contribution in [1.82, 2.24) is 4.90 Å². The summed E-state index contributed by atoms with van der Waals surface area (Å²) in [4.78, 5) is 15.6. The number of carbonyl (C=O) groups is 1. The Morgan fingerprint density at radius 1 is 0.897 bits per heavy atom. The lowest BCUT2D eigenvalue weighted by Gasteiger charge is -2.60. The number of carbonyl (C=O) groups excluding carboxylic acids is 1. The fourth-order valence-corrected chi connectivity index (χ4v) is 7.40. The molecule has 5 aliphatic rings. The van der Waals surface area contributed by atoms with Gasteiger partial charge in [-0.3, -0.25) is 4.79 Å². The number of ether oxygens (including phenoxy) is 1. The maximum atomic E-state index is 13.4. The summed E-state index contributed by atoms with van der Waals surface area (Å²) in [7, 11) is 0. The molecule has 1 aliphatic heterocycles. The summed E-state index contributed by atoms with van der Waals surface area (Å²) in [6.07, 6.45) is 8.09.